The number of sulfonamides is 1. The number of anilines is 3. The summed E-state index contributed by atoms with van der Waals surface area (Å²) in [5.74, 6) is 0.788. The molecule has 1 heterocycles. The molecule has 0 unspecified atom stereocenters. The van der Waals surface area contributed by atoms with Crippen molar-refractivity contribution < 1.29 is 13.2 Å². The van der Waals surface area contributed by atoms with Gasteiger partial charge in [-0.05, 0) is 48.0 Å². The van der Waals surface area contributed by atoms with Crippen LogP contribution in [0, 0.1) is 11.3 Å². The van der Waals surface area contributed by atoms with E-state index in [0.717, 1.165) is 5.56 Å². The molecule has 2 aromatic carbocycles. The van der Waals surface area contributed by atoms with Gasteiger partial charge in [0.1, 0.15) is 11.8 Å². The molecule has 10 nitrogen and oxygen atoms in total. The number of ether oxygens (including phenoxy) is 1. The molecule has 0 amide bonds. The van der Waals surface area contributed by atoms with Gasteiger partial charge in [-0.15, -0.1) is 0 Å². The van der Waals surface area contributed by atoms with Crippen LogP contribution in [0.5, 0.6) is 5.75 Å². The third-order valence-corrected chi connectivity index (χ3v) is 4.81. The van der Waals surface area contributed by atoms with Crippen molar-refractivity contribution in [1.29, 1.82) is 5.26 Å². The van der Waals surface area contributed by atoms with E-state index >= 15 is 0 Å². The second-order valence-corrected chi connectivity index (χ2v) is 7.54. The van der Waals surface area contributed by atoms with Gasteiger partial charge >= 0.3 is 0 Å². The Hall–Kier alpha value is -4.01. The number of hydrogen-bond acceptors (Lipinski definition) is 9. The molecular weight excluding hydrogens is 406 g/mol. The molecule has 0 spiro atoms. The molecule has 3 aromatic rings. The zero-order chi connectivity index (χ0) is 21.7. The van der Waals surface area contributed by atoms with Gasteiger partial charge in [0.05, 0.1) is 17.6 Å². The average molecular weight is 423 g/mol. The standard InChI is InChI=1S/C19H17N7O3S/c1-29-15-6-2-12(3-7-15)10-13(11-20)17-24-18(21)26-19(25-17)23-14-4-8-16(9-5-14)30(22,27)28/h2-10H,1H3,(H2,22,27,28)(H3,21,23,24,25,26)/b13-10+. The van der Waals surface area contributed by atoms with E-state index in [-0.39, 0.29) is 28.2 Å². The molecule has 5 N–H and O–H groups in total. The minimum atomic E-state index is -3.80. The molecule has 30 heavy (non-hydrogen) atoms. The van der Waals surface area contributed by atoms with E-state index in [9.17, 15) is 13.7 Å². The highest BCUT2D eigenvalue weighted by molar-refractivity contribution is 7.89. The largest absolute Gasteiger partial charge is 0.497 e. The molecule has 0 aliphatic carbocycles. The second-order valence-electron chi connectivity index (χ2n) is 5.98. The normalized spacial score (nSPS) is 11.6. The number of nitrogen functional groups attached to an aromatic ring is 1. The maximum atomic E-state index is 11.3. The van der Waals surface area contributed by atoms with Crippen LogP contribution in [0.1, 0.15) is 11.4 Å². The smallest absolute Gasteiger partial charge is 0.238 e. The van der Waals surface area contributed by atoms with Crippen molar-refractivity contribution in [3.8, 4) is 11.8 Å². The number of nitrogens with one attached hydrogen (secondary N) is 1. The molecule has 152 valence electrons. The first-order chi connectivity index (χ1) is 14.3. The highest BCUT2D eigenvalue weighted by Gasteiger charge is 2.11. The van der Waals surface area contributed by atoms with Crippen molar-refractivity contribution in [2.75, 3.05) is 18.2 Å². The van der Waals surface area contributed by atoms with Gasteiger partial charge in [0.15, 0.2) is 5.82 Å². The van der Waals surface area contributed by atoms with Crippen LogP contribution >= 0.6 is 0 Å². The Morgan fingerprint density at radius 3 is 2.33 bits per heavy atom. The van der Waals surface area contributed by atoms with Crippen molar-refractivity contribution in [2.45, 2.75) is 4.90 Å². The number of nitrogens with zero attached hydrogens (tertiary/aromatic N) is 4. The van der Waals surface area contributed by atoms with Gasteiger partial charge in [0.2, 0.25) is 21.9 Å². The van der Waals surface area contributed by atoms with Crippen LogP contribution in [0.15, 0.2) is 53.4 Å². The molecule has 0 radical (unpaired) electrons. The SMILES string of the molecule is COc1ccc(/C=C(\C#N)c2nc(N)nc(Nc3ccc(S(N)(=O)=O)cc3)n2)cc1. The van der Waals surface area contributed by atoms with E-state index in [1.165, 1.54) is 24.3 Å². The topological polar surface area (TPSA) is 170 Å². The lowest BCUT2D eigenvalue weighted by molar-refractivity contribution is 0.415. The first-order valence-electron chi connectivity index (χ1n) is 8.46. The summed E-state index contributed by atoms with van der Waals surface area (Å²) in [6.07, 6.45) is 1.61. The van der Waals surface area contributed by atoms with E-state index in [1.54, 1.807) is 37.5 Å². The van der Waals surface area contributed by atoms with Crippen molar-refractivity contribution >= 4 is 39.3 Å². The Morgan fingerprint density at radius 1 is 1.10 bits per heavy atom. The second kappa shape index (κ2) is 8.56. The van der Waals surface area contributed by atoms with Crippen molar-refractivity contribution in [3.63, 3.8) is 0 Å². The molecule has 3 rings (SSSR count). The third kappa shape index (κ3) is 5.07. The minimum Gasteiger partial charge on any atom is -0.497 e. The Bertz CT molecular complexity index is 1230. The lowest BCUT2D eigenvalue weighted by Gasteiger charge is -2.08. The molecule has 0 bridgehead atoms. The van der Waals surface area contributed by atoms with Crippen LogP contribution < -0.4 is 20.9 Å². The van der Waals surface area contributed by atoms with Crippen LogP contribution in [0.4, 0.5) is 17.6 Å². The number of benzene rings is 2. The molecule has 1 aromatic heterocycles. The first kappa shape index (κ1) is 20.7. The molecule has 0 aliphatic heterocycles. The number of rotatable bonds is 6. The van der Waals surface area contributed by atoms with Gasteiger partial charge in [-0.25, -0.2) is 13.6 Å². The van der Waals surface area contributed by atoms with E-state index in [4.69, 9.17) is 15.6 Å². The maximum absolute atomic E-state index is 11.3. The number of aromatic nitrogens is 3. The Morgan fingerprint density at radius 2 is 1.77 bits per heavy atom. The Labute approximate surface area is 172 Å². The fraction of sp³-hybridized carbons (Fsp3) is 0.0526. The zero-order valence-electron chi connectivity index (χ0n) is 15.8. The summed E-state index contributed by atoms with van der Waals surface area (Å²) < 4.78 is 27.8. The maximum Gasteiger partial charge on any atom is 0.238 e. The first-order valence-corrected chi connectivity index (χ1v) is 10.0. The zero-order valence-corrected chi connectivity index (χ0v) is 16.6. The van der Waals surface area contributed by atoms with E-state index in [0.29, 0.717) is 11.4 Å². The molecule has 0 saturated heterocycles. The van der Waals surface area contributed by atoms with Crippen molar-refractivity contribution in [1.82, 2.24) is 15.0 Å². The number of methoxy groups -OCH3 is 1. The van der Waals surface area contributed by atoms with Gasteiger partial charge < -0.3 is 15.8 Å². The summed E-state index contributed by atoms with van der Waals surface area (Å²) in [5.41, 5.74) is 7.20. The summed E-state index contributed by atoms with van der Waals surface area (Å²) in [6, 6.07) is 14.8. The number of nitrogens with two attached hydrogens (primary N) is 2. The number of hydrogen-bond donors (Lipinski definition) is 3. The lowest BCUT2D eigenvalue weighted by atomic mass is 10.1. The van der Waals surface area contributed by atoms with Gasteiger partial charge in [-0.1, -0.05) is 12.1 Å². The highest BCUT2D eigenvalue weighted by atomic mass is 32.2. The van der Waals surface area contributed by atoms with Crippen LogP contribution in [-0.2, 0) is 10.0 Å². The molecule has 11 heteroatoms. The average Bonchev–Trinajstić information content (AvgIpc) is 2.71. The van der Waals surface area contributed by atoms with Gasteiger partial charge in [0.25, 0.3) is 0 Å². The van der Waals surface area contributed by atoms with Gasteiger partial charge in [0, 0.05) is 5.69 Å². The van der Waals surface area contributed by atoms with Crippen molar-refractivity contribution in [3.05, 3.63) is 59.9 Å². The lowest BCUT2D eigenvalue weighted by Crippen LogP contribution is -2.12. The Balaban J connectivity index is 1.89. The van der Waals surface area contributed by atoms with Gasteiger partial charge in [-0.2, -0.15) is 20.2 Å². The summed E-state index contributed by atoms with van der Waals surface area (Å²) >= 11 is 0. The molecule has 0 aliphatic rings. The van der Waals surface area contributed by atoms with Crippen LogP contribution in [0.3, 0.4) is 0 Å². The molecule has 0 atom stereocenters. The molecule has 0 saturated carbocycles. The fourth-order valence-electron chi connectivity index (χ4n) is 2.44. The quantitative estimate of drug-likeness (QED) is 0.501. The predicted octanol–water partition coefficient (Wildman–Crippen LogP) is 1.92. The predicted molar refractivity (Wildman–Crippen MR) is 112 cm³/mol. The highest BCUT2D eigenvalue weighted by Crippen LogP contribution is 2.21. The number of primary sulfonamides is 1. The molecule has 0 fully saturated rings. The summed E-state index contributed by atoms with van der Waals surface area (Å²) in [6.45, 7) is 0. The van der Waals surface area contributed by atoms with Crippen LogP contribution in [-0.4, -0.2) is 30.5 Å². The summed E-state index contributed by atoms with van der Waals surface area (Å²) in [7, 11) is -2.23. The number of allylic oxidation sites excluding steroid dienone is 1. The van der Waals surface area contributed by atoms with Crippen LogP contribution in [0.2, 0.25) is 0 Å². The third-order valence-electron chi connectivity index (χ3n) is 3.88. The van der Waals surface area contributed by atoms with Crippen LogP contribution in [0.25, 0.3) is 11.6 Å². The van der Waals surface area contributed by atoms with Crippen molar-refractivity contribution in [2.24, 2.45) is 5.14 Å². The van der Waals surface area contributed by atoms with E-state index in [1.807, 2.05) is 0 Å². The van der Waals surface area contributed by atoms with Gasteiger partial charge in [-0.3, -0.25) is 0 Å². The fourth-order valence-corrected chi connectivity index (χ4v) is 2.95. The van der Waals surface area contributed by atoms with E-state index < -0.39 is 10.0 Å². The number of nitriles is 1. The Kier molecular flexibility index (Phi) is 5.91. The monoisotopic (exact) mass is 423 g/mol. The molecular formula is C19H17N7O3S. The summed E-state index contributed by atoms with van der Waals surface area (Å²) in [4.78, 5) is 12.2. The minimum absolute atomic E-state index is 0.0295. The summed E-state index contributed by atoms with van der Waals surface area (Å²) in [5, 5.41) is 17.5. The van der Waals surface area contributed by atoms with E-state index in [2.05, 4.69) is 26.3 Å².